The molecule has 0 N–H and O–H groups in total. The van der Waals surface area contributed by atoms with Crippen LogP contribution in [0, 0.1) is 11.8 Å². The number of esters is 1. The first-order valence-corrected chi connectivity index (χ1v) is 5.20. The van der Waals surface area contributed by atoms with Gasteiger partial charge in [-0.15, -0.1) is 11.3 Å². The van der Waals surface area contributed by atoms with Gasteiger partial charge >= 0.3 is 5.97 Å². The fourth-order valence-corrected chi connectivity index (χ4v) is 1.49. The average molecular weight is 223 g/mol. The lowest BCUT2D eigenvalue weighted by molar-refractivity contribution is -0.107. The molecule has 5 heteroatoms. The number of carbonyl (C=O) groups excluding carboxylic acids is 2. The van der Waals surface area contributed by atoms with Crippen molar-refractivity contribution in [3.05, 3.63) is 16.1 Å². The molecule has 0 saturated heterocycles. The predicted octanol–water partition coefficient (Wildman–Crippen LogP) is 1.26. The van der Waals surface area contributed by atoms with E-state index in [1.54, 1.807) is 6.92 Å². The second-order valence-corrected chi connectivity index (χ2v) is 3.28. The Labute approximate surface area is 91.3 Å². The van der Waals surface area contributed by atoms with Crippen LogP contribution in [0.3, 0.4) is 0 Å². The molecule has 0 amide bonds. The molecule has 4 nitrogen and oxygen atoms in total. The molecule has 0 bridgehead atoms. The van der Waals surface area contributed by atoms with E-state index in [0.717, 1.165) is 0 Å². The first-order chi connectivity index (χ1) is 7.29. The van der Waals surface area contributed by atoms with Gasteiger partial charge in [-0.25, -0.2) is 9.78 Å². The molecule has 0 atom stereocenters. The van der Waals surface area contributed by atoms with E-state index >= 15 is 0 Å². The lowest BCUT2D eigenvalue weighted by atomic mass is 10.3. The first-order valence-electron chi connectivity index (χ1n) is 4.32. The average Bonchev–Trinajstić information content (AvgIpc) is 2.67. The van der Waals surface area contributed by atoms with Crippen molar-refractivity contribution in [3.63, 3.8) is 0 Å². The van der Waals surface area contributed by atoms with Gasteiger partial charge < -0.3 is 9.53 Å². The molecular weight excluding hydrogens is 214 g/mol. The molecule has 1 rings (SSSR count). The van der Waals surface area contributed by atoms with Crippen LogP contribution in [0.15, 0.2) is 5.51 Å². The number of hydrogen-bond donors (Lipinski definition) is 0. The SMILES string of the molecule is CCOC(=O)c1ncsc1C#CCC=O. The minimum Gasteiger partial charge on any atom is -0.461 e. The first kappa shape index (κ1) is 11.4. The van der Waals surface area contributed by atoms with E-state index in [9.17, 15) is 9.59 Å². The topological polar surface area (TPSA) is 56.3 Å². The maximum Gasteiger partial charge on any atom is 0.359 e. The van der Waals surface area contributed by atoms with Crippen molar-refractivity contribution >= 4 is 23.6 Å². The summed E-state index contributed by atoms with van der Waals surface area (Å²) < 4.78 is 4.80. The summed E-state index contributed by atoms with van der Waals surface area (Å²) in [7, 11) is 0. The summed E-state index contributed by atoms with van der Waals surface area (Å²) in [6.07, 6.45) is 0.859. The maximum absolute atomic E-state index is 11.3. The molecular formula is C10H9NO3S. The second kappa shape index (κ2) is 5.94. The summed E-state index contributed by atoms with van der Waals surface area (Å²) in [5, 5.41) is 0. The standard InChI is InChI=1S/C10H9NO3S/c1-2-14-10(13)9-8(15-7-11-9)5-3-4-6-12/h6-7H,2,4H2,1H3. The zero-order chi connectivity index (χ0) is 11.1. The summed E-state index contributed by atoms with van der Waals surface area (Å²) in [5.74, 6) is 4.85. The third kappa shape index (κ3) is 3.18. The Morgan fingerprint density at radius 3 is 3.20 bits per heavy atom. The Hall–Kier alpha value is -1.67. The summed E-state index contributed by atoms with van der Waals surface area (Å²) in [5.41, 5.74) is 1.75. The minimum atomic E-state index is -0.478. The van der Waals surface area contributed by atoms with E-state index in [2.05, 4.69) is 16.8 Å². The monoisotopic (exact) mass is 223 g/mol. The molecule has 0 fully saturated rings. The highest BCUT2D eigenvalue weighted by Gasteiger charge is 2.13. The van der Waals surface area contributed by atoms with Crippen LogP contribution in [-0.2, 0) is 9.53 Å². The van der Waals surface area contributed by atoms with Gasteiger partial charge in [0.05, 0.1) is 18.5 Å². The highest BCUT2D eigenvalue weighted by Crippen LogP contribution is 2.12. The van der Waals surface area contributed by atoms with Crippen LogP contribution in [-0.4, -0.2) is 23.8 Å². The van der Waals surface area contributed by atoms with E-state index in [1.165, 1.54) is 16.8 Å². The molecule has 1 aromatic heterocycles. The number of nitrogens with zero attached hydrogens (tertiary/aromatic N) is 1. The predicted molar refractivity (Wildman–Crippen MR) is 55.6 cm³/mol. The van der Waals surface area contributed by atoms with Crippen molar-refractivity contribution in [2.45, 2.75) is 13.3 Å². The Morgan fingerprint density at radius 1 is 1.73 bits per heavy atom. The van der Waals surface area contributed by atoms with Gasteiger partial charge in [0, 0.05) is 0 Å². The summed E-state index contributed by atoms with van der Waals surface area (Å²) in [4.78, 5) is 25.8. The minimum absolute atomic E-state index is 0.153. The lowest BCUT2D eigenvalue weighted by Gasteiger charge is -1.97. The van der Waals surface area contributed by atoms with Gasteiger partial charge in [0.15, 0.2) is 5.69 Å². The van der Waals surface area contributed by atoms with Gasteiger partial charge in [0.25, 0.3) is 0 Å². The Morgan fingerprint density at radius 2 is 2.53 bits per heavy atom. The van der Waals surface area contributed by atoms with Crippen molar-refractivity contribution < 1.29 is 14.3 Å². The molecule has 0 saturated carbocycles. The molecule has 0 aliphatic carbocycles. The van der Waals surface area contributed by atoms with Gasteiger partial charge in [-0.05, 0) is 6.92 Å². The molecule has 0 aliphatic rings. The van der Waals surface area contributed by atoms with Crippen LogP contribution in [0.25, 0.3) is 0 Å². The van der Waals surface area contributed by atoms with Crippen molar-refractivity contribution in [1.82, 2.24) is 4.98 Å². The molecule has 0 radical (unpaired) electrons. The fraction of sp³-hybridized carbons (Fsp3) is 0.300. The summed E-state index contributed by atoms with van der Waals surface area (Å²) in [6.45, 7) is 2.03. The van der Waals surface area contributed by atoms with Crippen molar-refractivity contribution in [2.24, 2.45) is 0 Å². The highest BCUT2D eigenvalue weighted by atomic mass is 32.1. The fourth-order valence-electron chi connectivity index (χ4n) is 0.853. The second-order valence-electron chi connectivity index (χ2n) is 2.42. The number of ether oxygens (including phenoxy) is 1. The van der Waals surface area contributed by atoms with Crippen LogP contribution < -0.4 is 0 Å². The summed E-state index contributed by atoms with van der Waals surface area (Å²) in [6, 6.07) is 0. The lowest BCUT2D eigenvalue weighted by Crippen LogP contribution is -2.06. The van der Waals surface area contributed by atoms with E-state index < -0.39 is 5.97 Å². The third-order valence-corrected chi connectivity index (χ3v) is 2.17. The molecule has 15 heavy (non-hydrogen) atoms. The van der Waals surface area contributed by atoms with E-state index in [-0.39, 0.29) is 12.1 Å². The number of hydrogen-bond acceptors (Lipinski definition) is 5. The number of aromatic nitrogens is 1. The van der Waals surface area contributed by atoms with Crippen molar-refractivity contribution in [2.75, 3.05) is 6.61 Å². The molecule has 0 aromatic carbocycles. The molecule has 1 aromatic rings. The molecule has 0 aliphatic heterocycles. The van der Waals surface area contributed by atoms with Gasteiger partial charge in [0.1, 0.15) is 11.2 Å². The van der Waals surface area contributed by atoms with E-state index in [4.69, 9.17) is 4.74 Å². The van der Waals surface area contributed by atoms with Crippen LogP contribution in [0.5, 0.6) is 0 Å². The third-order valence-electron chi connectivity index (χ3n) is 1.42. The molecule has 0 unspecified atom stereocenters. The van der Waals surface area contributed by atoms with Gasteiger partial charge in [-0.3, -0.25) is 0 Å². The largest absolute Gasteiger partial charge is 0.461 e. The number of thiazole rings is 1. The van der Waals surface area contributed by atoms with Gasteiger partial charge in [0.2, 0.25) is 0 Å². The van der Waals surface area contributed by atoms with Gasteiger partial charge in [-0.1, -0.05) is 11.8 Å². The zero-order valence-electron chi connectivity index (χ0n) is 8.15. The maximum atomic E-state index is 11.3. The quantitative estimate of drug-likeness (QED) is 0.440. The van der Waals surface area contributed by atoms with Crippen molar-refractivity contribution in [1.29, 1.82) is 0 Å². The van der Waals surface area contributed by atoms with Crippen LogP contribution in [0.4, 0.5) is 0 Å². The van der Waals surface area contributed by atoms with E-state index in [0.29, 0.717) is 17.8 Å². The molecule has 1 heterocycles. The van der Waals surface area contributed by atoms with Gasteiger partial charge in [-0.2, -0.15) is 0 Å². The normalized spacial score (nSPS) is 8.87. The highest BCUT2D eigenvalue weighted by molar-refractivity contribution is 7.10. The number of aldehydes is 1. The van der Waals surface area contributed by atoms with Crippen molar-refractivity contribution in [3.8, 4) is 11.8 Å². The molecule has 0 spiro atoms. The smallest absolute Gasteiger partial charge is 0.359 e. The Bertz CT molecular complexity index is 414. The Balaban J connectivity index is 2.83. The number of carbonyl (C=O) groups is 2. The molecule has 78 valence electrons. The van der Waals surface area contributed by atoms with Crippen LogP contribution in [0.2, 0.25) is 0 Å². The Kier molecular flexibility index (Phi) is 4.51. The van der Waals surface area contributed by atoms with Crippen LogP contribution in [0.1, 0.15) is 28.7 Å². The number of rotatable bonds is 3. The van der Waals surface area contributed by atoms with Crippen LogP contribution >= 0.6 is 11.3 Å². The zero-order valence-corrected chi connectivity index (χ0v) is 8.97. The van der Waals surface area contributed by atoms with E-state index in [1.807, 2.05) is 0 Å². The summed E-state index contributed by atoms with van der Waals surface area (Å²) >= 11 is 1.25.